The molecule has 1 atom stereocenters. The fourth-order valence-corrected chi connectivity index (χ4v) is 4.53. The van der Waals surface area contributed by atoms with Gasteiger partial charge in [0.2, 0.25) is 0 Å². The number of benzene rings is 1. The number of hydrogen-bond acceptors (Lipinski definition) is 4. The summed E-state index contributed by atoms with van der Waals surface area (Å²) in [4.78, 5) is 23.6. The summed E-state index contributed by atoms with van der Waals surface area (Å²) in [6.07, 6.45) is 7.66. The largest absolute Gasteiger partial charge is 0.307 e. The highest BCUT2D eigenvalue weighted by Crippen LogP contribution is 2.37. The van der Waals surface area contributed by atoms with E-state index in [1.54, 1.807) is 12.3 Å². The van der Waals surface area contributed by atoms with Crippen LogP contribution < -0.4 is 5.32 Å². The molecule has 0 bridgehead atoms. The molecule has 1 amide bonds. The lowest BCUT2D eigenvalue weighted by Gasteiger charge is -2.21. The molecule has 4 heterocycles. The normalized spacial score (nSPS) is 15.8. The third-order valence-corrected chi connectivity index (χ3v) is 6.14. The molecule has 1 aliphatic heterocycles. The van der Waals surface area contributed by atoms with Gasteiger partial charge in [0.05, 0.1) is 24.1 Å². The number of carbonyl (C=O) groups is 1. The summed E-state index contributed by atoms with van der Waals surface area (Å²) < 4.78 is 2.14. The third kappa shape index (κ3) is 4.23. The standard InChI is InChI=1S/C27H25N5O/c1-2-3-16-31-17-6-7-23(31)22-18-25(32-19-28-15-13-24(22)32)20-9-11-21(12-10-20)27(33)30-26-8-4-5-14-29-26/h4-5,8-15,18-19,23H,6-7,16-17H2,1H3,(H,29,30,33). The molecule has 6 nitrogen and oxygen atoms in total. The smallest absolute Gasteiger partial charge is 0.256 e. The first-order valence-corrected chi connectivity index (χ1v) is 11.2. The first-order chi connectivity index (χ1) is 16.2. The van der Waals surface area contributed by atoms with Crippen molar-refractivity contribution in [2.75, 3.05) is 18.4 Å². The minimum atomic E-state index is -0.179. The van der Waals surface area contributed by atoms with Crippen LogP contribution in [-0.2, 0) is 0 Å². The molecule has 1 aliphatic rings. The number of fused-ring (bicyclic) bond motifs is 1. The Morgan fingerprint density at radius 1 is 1.15 bits per heavy atom. The molecule has 6 heteroatoms. The SMILES string of the molecule is CC#CCN1CCCC1c1cc(-c2ccc(C(=O)Nc3ccccn3)cc2)n2cnccc12. The minimum Gasteiger partial charge on any atom is -0.307 e. The van der Waals surface area contributed by atoms with Gasteiger partial charge in [0.25, 0.3) is 5.91 Å². The van der Waals surface area contributed by atoms with Crippen molar-refractivity contribution in [1.29, 1.82) is 0 Å². The van der Waals surface area contributed by atoms with E-state index in [1.165, 1.54) is 17.5 Å². The summed E-state index contributed by atoms with van der Waals surface area (Å²) in [7, 11) is 0. The van der Waals surface area contributed by atoms with E-state index in [0.717, 1.165) is 30.8 Å². The maximum absolute atomic E-state index is 12.6. The number of carbonyl (C=O) groups excluding carboxylic acids is 1. The molecule has 1 aromatic carbocycles. The van der Waals surface area contributed by atoms with Crippen molar-refractivity contribution in [1.82, 2.24) is 19.3 Å². The minimum absolute atomic E-state index is 0.179. The molecule has 1 N–H and O–H groups in total. The topological polar surface area (TPSA) is 62.5 Å². The van der Waals surface area contributed by atoms with Crippen molar-refractivity contribution < 1.29 is 4.79 Å². The molecular weight excluding hydrogens is 410 g/mol. The summed E-state index contributed by atoms with van der Waals surface area (Å²) in [5.41, 5.74) is 5.16. The summed E-state index contributed by atoms with van der Waals surface area (Å²) in [6.45, 7) is 3.75. The van der Waals surface area contributed by atoms with Crippen molar-refractivity contribution in [2.45, 2.75) is 25.8 Å². The zero-order valence-corrected chi connectivity index (χ0v) is 18.5. The predicted molar refractivity (Wildman–Crippen MR) is 130 cm³/mol. The van der Waals surface area contributed by atoms with Gasteiger partial charge in [-0.1, -0.05) is 24.1 Å². The molecule has 0 aliphatic carbocycles. The highest BCUT2D eigenvalue weighted by atomic mass is 16.1. The third-order valence-electron chi connectivity index (χ3n) is 6.14. The van der Waals surface area contributed by atoms with Crippen LogP contribution in [0.25, 0.3) is 16.8 Å². The lowest BCUT2D eigenvalue weighted by atomic mass is 10.0. The van der Waals surface area contributed by atoms with Gasteiger partial charge in [-0.3, -0.25) is 9.69 Å². The Morgan fingerprint density at radius 2 is 2.03 bits per heavy atom. The lowest BCUT2D eigenvalue weighted by Crippen LogP contribution is -2.23. The van der Waals surface area contributed by atoms with Gasteiger partial charge in [-0.15, -0.1) is 5.92 Å². The van der Waals surface area contributed by atoms with Gasteiger partial charge in [0, 0.05) is 24.0 Å². The number of likely N-dealkylation sites (tertiary alicyclic amines) is 1. The number of pyridine rings is 1. The Hall–Kier alpha value is -3.95. The van der Waals surface area contributed by atoms with E-state index in [2.05, 4.69) is 48.6 Å². The number of anilines is 1. The fourth-order valence-electron chi connectivity index (χ4n) is 4.53. The van der Waals surface area contributed by atoms with Gasteiger partial charge in [0.1, 0.15) is 5.82 Å². The summed E-state index contributed by atoms with van der Waals surface area (Å²) in [5.74, 6) is 6.60. The molecule has 1 fully saturated rings. The van der Waals surface area contributed by atoms with Crippen LogP contribution in [-0.4, -0.2) is 38.3 Å². The number of hydrogen-bond donors (Lipinski definition) is 1. The van der Waals surface area contributed by atoms with E-state index in [9.17, 15) is 4.79 Å². The van der Waals surface area contributed by atoms with Crippen LogP contribution in [0, 0.1) is 11.8 Å². The average molecular weight is 436 g/mol. The van der Waals surface area contributed by atoms with E-state index in [4.69, 9.17) is 0 Å². The number of nitrogens with one attached hydrogen (secondary N) is 1. The Labute approximate surface area is 193 Å². The van der Waals surface area contributed by atoms with E-state index < -0.39 is 0 Å². The quantitative estimate of drug-likeness (QED) is 0.457. The Kier molecular flexibility index (Phi) is 5.88. The number of nitrogens with zero attached hydrogens (tertiary/aromatic N) is 4. The highest BCUT2D eigenvalue weighted by Gasteiger charge is 2.28. The van der Waals surface area contributed by atoms with Crippen LogP contribution in [0.1, 0.15) is 41.7 Å². The molecule has 0 saturated carbocycles. The Bertz CT molecular complexity index is 1330. The van der Waals surface area contributed by atoms with Crippen LogP contribution in [0.2, 0.25) is 0 Å². The lowest BCUT2D eigenvalue weighted by molar-refractivity contribution is 0.102. The molecule has 1 unspecified atom stereocenters. The highest BCUT2D eigenvalue weighted by molar-refractivity contribution is 6.04. The van der Waals surface area contributed by atoms with Crippen LogP contribution >= 0.6 is 0 Å². The van der Waals surface area contributed by atoms with Gasteiger partial charge in [-0.05, 0) is 73.8 Å². The van der Waals surface area contributed by atoms with Gasteiger partial charge in [0.15, 0.2) is 0 Å². The van der Waals surface area contributed by atoms with Crippen LogP contribution in [0.5, 0.6) is 0 Å². The summed E-state index contributed by atoms with van der Waals surface area (Å²) >= 11 is 0. The fraction of sp³-hybridized carbons (Fsp3) is 0.222. The molecule has 5 rings (SSSR count). The molecule has 0 spiro atoms. The monoisotopic (exact) mass is 435 g/mol. The maximum Gasteiger partial charge on any atom is 0.256 e. The summed E-state index contributed by atoms with van der Waals surface area (Å²) in [5, 5.41) is 2.83. The van der Waals surface area contributed by atoms with E-state index in [-0.39, 0.29) is 5.91 Å². The van der Waals surface area contributed by atoms with Crippen molar-refractivity contribution in [3.05, 3.63) is 84.4 Å². The Morgan fingerprint density at radius 3 is 2.82 bits per heavy atom. The second-order valence-corrected chi connectivity index (χ2v) is 8.12. The predicted octanol–water partition coefficient (Wildman–Crippen LogP) is 4.81. The molecular formula is C27H25N5O. The number of amides is 1. The van der Waals surface area contributed by atoms with E-state index in [0.29, 0.717) is 17.4 Å². The molecule has 1 saturated heterocycles. The second-order valence-electron chi connectivity index (χ2n) is 8.12. The first-order valence-electron chi connectivity index (χ1n) is 11.2. The van der Waals surface area contributed by atoms with Crippen molar-refractivity contribution in [2.24, 2.45) is 0 Å². The molecule has 33 heavy (non-hydrogen) atoms. The van der Waals surface area contributed by atoms with E-state index in [1.807, 2.05) is 55.8 Å². The molecule has 0 radical (unpaired) electrons. The number of aromatic nitrogens is 3. The average Bonchev–Trinajstić information content (AvgIpc) is 3.48. The zero-order chi connectivity index (χ0) is 22.6. The maximum atomic E-state index is 12.6. The van der Waals surface area contributed by atoms with Crippen molar-refractivity contribution in [3.8, 4) is 23.1 Å². The van der Waals surface area contributed by atoms with Crippen LogP contribution in [0.3, 0.4) is 0 Å². The van der Waals surface area contributed by atoms with Crippen LogP contribution in [0.4, 0.5) is 5.82 Å². The Balaban J connectivity index is 1.45. The molecule has 3 aromatic heterocycles. The van der Waals surface area contributed by atoms with Crippen LogP contribution in [0.15, 0.2) is 73.3 Å². The van der Waals surface area contributed by atoms with Crippen molar-refractivity contribution >= 4 is 17.2 Å². The van der Waals surface area contributed by atoms with Gasteiger partial charge in [-0.2, -0.15) is 0 Å². The summed E-state index contributed by atoms with van der Waals surface area (Å²) in [6, 6.07) is 17.8. The number of rotatable bonds is 5. The van der Waals surface area contributed by atoms with Gasteiger partial charge < -0.3 is 9.72 Å². The van der Waals surface area contributed by atoms with E-state index >= 15 is 0 Å². The first kappa shape index (κ1) is 20.9. The van der Waals surface area contributed by atoms with Gasteiger partial charge in [-0.25, -0.2) is 9.97 Å². The molecule has 164 valence electrons. The van der Waals surface area contributed by atoms with Crippen molar-refractivity contribution in [3.63, 3.8) is 0 Å². The second kappa shape index (κ2) is 9.27. The van der Waals surface area contributed by atoms with Gasteiger partial charge >= 0.3 is 0 Å². The zero-order valence-electron chi connectivity index (χ0n) is 18.5. The molecule has 4 aromatic rings.